The number of para-hydroxylation sites is 1. The van der Waals surface area contributed by atoms with Gasteiger partial charge in [0.05, 0.1) is 0 Å². The highest BCUT2D eigenvalue weighted by atomic mass is 15.3. The maximum absolute atomic E-state index is 4.47. The third-order valence-electron chi connectivity index (χ3n) is 4.21. The second-order valence-electron chi connectivity index (χ2n) is 6.17. The number of benzene rings is 2. The Kier molecular flexibility index (Phi) is 4.19. The van der Waals surface area contributed by atoms with Crippen LogP contribution in [0.25, 0.3) is 28.6 Å². The van der Waals surface area contributed by atoms with Gasteiger partial charge in [0.25, 0.3) is 0 Å². The molecule has 5 nitrogen and oxygen atoms in total. The number of anilines is 1. The fraction of sp³-hybridized carbons (Fsp3) is 0.0952. The van der Waals surface area contributed by atoms with Gasteiger partial charge in [-0.25, -0.2) is 0 Å². The molecule has 0 aliphatic heterocycles. The highest BCUT2D eigenvalue weighted by Crippen LogP contribution is 2.28. The zero-order valence-corrected chi connectivity index (χ0v) is 14.7. The van der Waals surface area contributed by atoms with E-state index >= 15 is 0 Å². The smallest absolute Gasteiger partial charge is 0.187 e. The Morgan fingerprint density at radius 2 is 1.42 bits per heavy atom. The summed E-state index contributed by atoms with van der Waals surface area (Å²) in [6, 6.07) is 24.2. The summed E-state index contributed by atoms with van der Waals surface area (Å²) >= 11 is 0. The van der Waals surface area contributed by atoms with Crippen LogP contribution >= 0.6 is 0 Å². The second-order valence-corrected chi connectivity index (χ2v) is 6.17. The molecular formula is C21H19N5. The van der Waals surface area contributed by atoms with Crippen molar-refractivity contribution in [1.82, 2.24) is 19.7 Å². The first-order valence-corrected chi connectivity index (χ1v) is 8.44. The van der Waals surface area contributed by atoms with E-state index in [2.05, 4.69) is 44.3 Å². The lowest BCUT2D eigenvalue weighted by atomic mass is 10.1. The summed E-state index contributed by atoms with van der Waals surface area (Å²) in [5.74, 6) is 1.52. The molecule has 0 aliphatic rings. The van der Waals surface area contributed by atoms with Gasteiger partial charge in [0.1, 0.15) is 5.69 Å². The summed E-state index contributed by atoms with van der Waals surface area (Å²) in [7, 11) is 4.06. The van der Waals surface area contributed by atoms with E-state index in [0.717, 1.165) is 34.3 Å². The summed E-state index contributed by atoms with van der Waals surface area (Å²) in [5.41, 5.74) is 3.95. The molecule has 5 heteroatoms. The molecular weight excluding hydrogens is 322 g/mol. The van der Waals surface area contributed by atoms with Gasteiger partial charge in [0.2, 0.25) is 0 Å². The quantitative estimate of drug-likeness (QED) is 0.561. The molecule has 0 saturated carbocycles. The van der Waals surface area contributed by atoms with E-state index in [1.54, 1.807) is 6.20 Å². The number of pyridine rings is 1. The lowest BCUT2D eigenvalue weighted by molar-refractivity contribution is 1.06. The second kappa shape index (κ2) is 6.80. The Morgan fingerprint density at radius 1 is 0.731 bits per heavy atom. The highest BCUT2D eigenvalue weighted by molar-refractivity contribution is 5.66. The van der Waals surface area contributed by atoms with E-state index in [0.29, 0.717) is 0 Å². The average molecular weight is 341 g/mol. The highest BCUT2D eigenvalue weighted by Gasteiger charge is 2.17. The Hall–Kier alpha value is -3.47. The molecule has 0 aliphatic carbocycles. The van der Waals surface area contributed by atoms with E-state index in [4.69, 9.17) is 0 Å². The lowest BCUT2D eigenvalue weighted by Crippen LogP contribution is -2.08. The van der Waals surface area contributed by atoms with E-state index < -0.39 is 0 Å². The molecule has 0 amide bonds. The van der Waals surface area contributed by atoms with Gasteiger partial charge in [-0.05, 0) is 48.5 Å². The molecule has 0 unspecified atom stereocenters. The number of hydrogen-bond acceptors (Lipinski definition) is 4. The normalized spacial score (nSPS) is 10.7. The van der Waals surface area contributed by atoms with Crippen molar-refractivity contribution in [3.63, 3.8) is 0 Å². The van der Waals surface area contributed by atoms with Gasteiger partial charge in [-0.3, -0.25) is 9.55 Å². The number of nitrogens with zero attached hydrogens (tertiary/aromatic N) is 5. The Bertz CT molecular complexity index is 990. The van der Waals surface area contributed by atoms with E-state index in [1.807, 2.05) is 67.2 Å². The van der Waals surface area contributed by atoms with Gasteiger partial charge in [-0.1, -0.05) is 24.3 Å². The molecule has 0 fully saturated rings. The van der Waals surface area contributed by atoms with Crippen LogP contribution in [0.4, 0.5) is 5.69 Å². The summed E-state index contributed by atoms with van der Waals surface area (Å²) in [5, 5.41) is 8.91. The topological polar surface area (TPSA) is 46.8 Å². The molecule has 2 aromatic carbocycles. The van der Waals surface area contributed by atoms with Crippen LogP contribution in [0.5, 0.6) is 0 Å². The summed E-state index contributed by atoms with van der Waals surface area (Å²) in [4.78, 5) is 6.52. The summed E-state index contributed by atoms with van der Waals surface area (Å²) in [6.45, 7) is 0. The minimum atomic E-state index is 0.725. The predicted octanol–water partition coefficient (Wildman–Crippen LogP) is 4.06. The van der Waals surface area contributed by atoms with Crippen molar-refractivity contribution < 1.29 is 0 Å². The molecule has 2 aromatic heterocycles. The minimum absolute atomic E-state index is 0.725. The van der Waals surface area contributed by atoms with E-state index in [1.165, 1.54) is 0 Å². The van der Waals surface area contributed by atoms with Gasteiger partial charge in [-0.15, -0.1) is 10.2 Å². The van der Waals surface area contributed by atoms with Gasteiger partial charge in [0, 0.05) is 37.2 Å². The van der Waals surface area contributed by atoms with Crippen molar-refractivity contribution in [1.29, 1.82) is 0 Å². The Balaban J connectivity index is 1.89. The molecule has 0 saturated heterocycles. The van der Waals surface area contributed by atoms with Crippen LogP contribution < -0.4 is 4.90 Å². The molecule has 4 aromatic rings. The van der Waals surface area contributed by atoms with Gasteiger partial charge in [0.15, 0.2) is 11.6 Å². The van der Waals surface area contributed by atoms with Gasteiger partial charge < -0.3 is 4.90 Å². The van der Waals surface area contributed by atoms with Crippen LogP contribution in [0.1, 0.15) is 0 Å². The molecule has 128 valence electrons. The van der Waals surface area contributed by atoms with Crippen LogP contribution in [-0.4, -0.2) is 33.8 Å². The standard InChI is InChI=1S/C21H19N5/c1-25(2)17-13-11-16(12-14-17)20-23-24-21(19-10-6-7-15-22-19)26(20)18-8-4-3-5-9-18/h3-15H,1-2H3. The first-order chi connectivity index (χ1) is 12.7. The van der Waals surface area contributed by atoms with Crippen molar-refractivity contribution in [2.75, 3.05) is 19.0 Å². The molecule has 2 heterocycles. The fourth-order valence-corrected chi connectivity index (χ4v) is 2.86. The third-order valence-corrected chi connectivity index (χ3v) is 4.21. The van der Waals surface area contributed by atoms with E-state index in [-0.39, 0.29) is 0 Å². The molecule has 4 rings (SSSR count). The molecule has 0 atom stereocenters. The minimum Gasteiger partial charge on any atom is -0.378 e. The van der Waals surface area contributed by atoms with Crippen LogP contribution in [0.3, 0.4) is 0 Å². The van der Waals surface area contributed by atoms with Gasteiger partial charge in [-0.2, -0.15) is 0 Å². The van der Waals surface area contributed by atoms with E-state index in [9.17, 15) is 0 Å². The molecule has 0 bridgehead atoms. The summed E-state index contributed by atoms with van der Waals surface area (Å²) < 4.78 is 2.05. The number of hydrogen-bond donors (Lipinski definition) is 0. The molecule has 0 N–H and O–H groups in total. The zero-order chi connectivity index (χ0) is 17.9. The Labute approximate surface area is 152 Å². The first kappa shape index (κ1) is 16.0. The fourth-order valence-electron chi connectivity index (χ4n) is 2.86. The molecule has 0 radical (unpaired) electrons. The summed E-state index contributed by atoms with van der Waals surface area (Å²) in [6.07, 6.45) is 1.77. The lowest BCUT2D eigenvalue weighted by Gasteiger charge is -2.13. The average Bonchev–Trinajstić information content (AvgIpc) is 3.14. The maximum atomic E-state index is 4.47. The predicted molar refractivity (Wildman–Crippen MR) is 104 cm³/mol. The SMILES string of the molecule is CN(C)c1ccc(-c2nnc(-c3ccccn3)n2-c2ccccc2)cc1. The number of aromatic nitrogens is 4. The Morgan fingerprint density at radius 3 is 2.08 bits per heavy atom. The molecule has 26 heavy (non-hydrogen) atoms. The van der Waals surface area contributed by atoms with Crippen molar-refractivity contribution >= 4 is 5.69 Å². The van der Waals surface area contributed by atoms with Crippen LogP contribution in [0, 0.1) is 0 Å². The van der Waals surface area contributed by atoms with Crippen LogP contribution in [0.2, 0.25) is 0 Å². The zero-order valence-electron chi connectivity index (χ0n) is 14.7. The largest absolute Gasteiger partial charge is 0.378 e. The maximum Gasteiger partial charge on any atom is 0.187 e. The van der Waals surface area contributed by atoms with Crippen LogP contribution in [-0.2, 0) is 0 Å². The van der Waals surface area contributed by atoms with Crippen molar-refractivity contribution in [2.45, 2.75) is 0 Å². The van der Waals surface area contributed by atoms with Crippen LogP contribution in [0.15, 0.2) is 79.0 Å². The van der Waals surface area contributed by atoms with Crippen molar-refractivity contribution in [3.05, 3.63) is 79.0 Å². The molecule has 0 spiro atoms. The number of rotatable bonds is 4. The van der Waals surface area contributed by atoms with Gasteiger partial charge >= 0.3 is 0 Å². The van der Waals surface area contributed by atoms with Crippen molar-refractivity contribution in [3.8, 4) is 28.6 Å². The third kappa shape index (κ3) is 2.95. The monoisotopic (exact) mass is 341 g/mol. The van der Waals surface area contributed by atoms with Crippen molar-refractivity contribution in [2.24, 2.45) is 0 Å². The first-order valence-electron chi connectivity index (χ1n) is 8.44.